The smallest absolute Gasteiger partial charge is 0.340 e. The van der Waals surface area contributed by atoms with Crippen LogP contribution in [0.4, 0.5) is 0 Å². The van der Waals surface area contributed by atoms with Gasteiger partial charge in [0.05, 0.1) is 0 Å². The molecule has 54 valence electrons. The molecule has 0 radical (unpaired) electrons. The number of hydrogen-bond acceptors (Lipinski definition) is 1. The Morgan fingerprint density at radius 3 is 1.56 bits per heavy atom. The highest BCUT2D eigenvalue weighted by molar-refractivity contribution is 7.34. The van der Waals surface area contributed by atoms with Crippen molar-refractivity contribution in [2.24, 2.45) is 0 Å². The van der Waals surface area contributed by atoms with Crippen molar-refractivity contribution in [1.82, 2.24) is 4.48 Å². The normalized spacial score (nSPS) is 12.3. The molecule has 0 aliphatic carbocycles. The van der Waals surface area contributed by atoms with Crippen LogP contribution in [0.15, 0.2) is 0 Å². The first-order chi connectivity index (χ1) is 3.85. The summed E-state index contributed by atoms with van der Waals surface area (Å²) in [5, 5.41) is 0. The van der Waals surface area contributed by atoms with Gasteiger partial charge in [-0.15, -0.1) is 22.9 Å². The van der Waals surface area contributed by atoms with Crippen LogP contribution in [-0.2, 0) is 0 Å². The average Bonchev–Trinajstić information content (AvgIpc) is 1.62. The summed E-state index contributed by atoms with van der Waals surface area (Å²) in [6.07, 6.45) is 0. The van der Waals surface area contributed by atoms with E-state index in [0.29, 0.717) is 0 Å². The lowest BCUT2D eigenvalue weighted by atomic mass is 10.4. The van der Waals surface area contributed by atoms with Gasteiger partial charge >= 0.3 is 5.68 Å². The molecule has 0 N–H and O–H groups in total. The Morgan fingerprint density at radius 2 is 1.56 bits per heavy atom. The molecule has 0 bridgehead atoms. The van der Waals surface area contributed by atoms with Crippen molar-refractivity contribution in [3.8, 4) is 0 Å². The Morgan fingerprint density at radius 1 is 1.22 bits per heavy atom. The van der Waals surface area contributed by atoms with Crippen LogP contribution < -0.4 is 0 Å². The van der Waals surface area contributed by atoms with Crippen LogP contribution in [0.3, 0.4) is 0 Å². The van der Waals surface area contributed by atoms with Crippen LogP contribution >= 0.6 is 22.9 Å². The lowest BCUT2D eigenvalue weighted by Crippen LogP contribution is -2.47. The first kappa shape index (κ1) is 9.82. The average molecular weight is 184 g/mol. The minimum absolute atomic E-state index is 0.350. The molecule has 0 rings (SSSR count). The van der Waals surface area contributed by atoms with Crippen molar-refractivity contribution in [2.45, 2.75) is 19.6 Å². The Balaban J connectivity index is 3.88. The minimum atomic E-state index is -1.25. The molecule has 0 spiro atoms. The maximum atomic E-state index is 5.64. The largest absolute Gasteiger partial charge is 0.427 e. The molecule has 0 fully saturated rings. The molecule has 0 atom stereocenters. The van der Waals surface area contributed by atoms with Crippen molar-refractivity contribution in [3.05, 3.63) is 0 Å². The second kappa shape index (κ2) is 3.28. The quantitative estimate of drug-likeness (QED) is 0.594. The Bertz CT molecular complexity index is 93.1. The van der Waals surface area contributed by atoms with Gasteiger partial charge in [-0.1, -0.05) is 19.6 Å². The molecule has 0 amide bonds. The third-order valence-corrected chi connectivity index (χ3v) is 4.64. The highest BCUT2D eigenvalue weighted by Gasteiger charge is 2.26. The van der Waals surface area contributed by atoms with Crippen LogP contribution in [0.1, 0.15) is 0 Å². The summed E-state index contributed by atoms with van der Waals surface area (Å²) in [7, 11) is 0.701. The molecule has 0 aromatic rings. The molecule has 0 aromatic heterocycles. The molecule has 0 saturated carbocycles. The molecule has 5 heteroatoms. The Hall–Kier alpha value is 0.822. The summed E-state index contributed by atoms with van der Waals surface area (Å²) < 4.78 is 2.02. The van der Waals surface area contributed by atoms with Gasteiger partial charge in [-0.25, -0.2) is 0 Å². The maximum Gasteiger partial charge on any atom is 0.427 e. The molecular formula is C4H12BCl2NSi. The first-order valence-corrected chi connectivity index (χ1v) is 7.19. The third kappa shape index (κ3) is 3.51. The summed E-state index contributed by atoms with van der Waals surface area (Å²) in [5.41, 5.74) is -0.350. The van der Waals surface area contributed by atoms with Crippen molar-refractivity contribution < 1.29 is 0 Å². The van der Waals surface area contributed by atoms with Gasteiger partial charge < -0.3 is 4.48 Å². The highest BCUT2D eigenvalue weighted by Crippen LogP contribution is 2.12. The molecule has 0 heterocycles. The molecular weight excluding hydrogens is 172 g/mol. The monoisotopic (exact) mass is 183 g/mol. The van der Waals surface area contributed by atoms with Gasteiger partial charge in [0.25, 0.3) is 0 Å². The van der Waals surface area contributed by atoms with E-state index in [1.807, 2.05) is 11.5 Å². The maximum absolute atomic E-state index is 5.64. The zero-order valence-electron chi connectivity index (χ0n) is 6.28. The molecule has 9 heavy (non-hydrogen) atoms. The minimum Gasteiger partial charge on any atom is -0.340 e. The number of nitrogens with zero attached hydrogens (tertiary/aromatic N) is 1. The Kier molecular flexibility index (Phi) is 3.58. The van der Waals surface area contributed by atoms with Gasteiger partial charge in [-0.2, -0.15) is 0 Å². The van der Waals surface area contributed by atoms with Crippen LogP contribution in [0, 0.1) is 0 Å². The van der Waals surface area contributed by atoms with E-state index in [-0.39, 0.29) is 5.68 Å². The second-order valence-corrected chi connectivity index (χ2v) is 9.16. The van der Waals surface area contributed by atoms with Gasteiger partial charge in [0.2, 0.25) is 0 Å². The molecule has 1 nitrogen and oxygen atoms in total. The fourth-order valence-electron chi connectivity index (χ4n) is 0.293. The second-order valence-electron chi connectivity index (χ2n) is 3.06. The summed E-state index contributed by atoms with van der Waals surface area (Å²) in [6.45, 7) is 6.60. The van der Waals surface area contributed by atoms with Gasteiger partial charge in [0.1, 0.15) is 8.24 Å². The SMILES string of the molecule is CN(B(Cl)Cl)[Si](C)(C)C. The van der Waals surface area contributed by atoms with Crippen molar-refractivity contribution >= 4 is 36.8 Å². The van der Waals surface area contributed by atoms with Gasteiger partial charge in [0, 0.05) is 0 Å². The summed E-state index contributed by atoms with van der Waals surface area (Å²) in [5.74, 6) is 0. The van der Waals surface area contributed by atoms with Crippen LogP contribution in [-0.4, -0.2) is 25.4 Å². The van der Waals surface area contributed by atoms with Gasteiger partial charge in [-0.3, -0.25) is 0 Å². The first-order valence-electron chi connectivity index (χ1n) is 2.87. The van der Waals surface area contributed by atoms with Crippen LogP contribution in [0.25, 0.3) is 0 Å². The van der Waals surface area contributed by atoms with E-state index in [2.05, 4.69) is 19.6 Å². The standard InChI is InChI=1S/C4H12BCl2NSi/c1-8(5(6)7)9(2,3)4/h1-4H3. The molecule has 0 saturated heterocycles. The number of halogens is 2. The lowest BCUT2D eigenvalue weighted by Gasteiger charge is -2.29. The highest BCUT2D eigenvalue weighted by atomic mass is 35.5. The predicted molar refractivity (Wildman–Crippen MR) is 48.6 cm³/mol. The molecule has 0 unspecified atom stereocenters. The van der Waals surface area contributed by atoms with E-state index in [4.69, 9.17) is 22.9 Å². The van der Waals surface area contributed by atoms with E-state index >= 15 is 0 Å². The third-order valence-electron chi connectivity index (χ3n) is 1.35. The molecule has 0 aliphatic rings. The molecule has 0 aliphatic heterocycles. The van der Waals surface area contributed by atoms with E-state index in [1.165, 1.54) is 0 Å². The zero-order valence-corrected chi connectivity index (χ0v) is 8.79. The zero-order chi connectivity index (χ0) is 7.65. The summed E-state index contributed by atoms with van der Waals surface area (Å²) in [4.78, 5) is 0. The fraction of sp³-hybridized carbons (Fsp3) is 1.00. The van der Waals surface area contributed by atoms with E-state index in [0.717, 1.165) is 0 Å². The van der Waals surface area contributed by atoms with Gasteiger partial charge in [0.15, 0.2) is 0 Å². The summed E-state index contributed by atoms with van der Waals surface area (Å²) in [6, 6.07) is 0. The van der Waals surface area contributed by atoms with Crippen molar-refractivity contribution in [3.63, 3.8) is 0 Å². The van der Waals surface area contributed by atoms with E-state index < -0.39 is 8.24 Å². The number of hydrogen-bond donors (Lipinski definition) is 0. The van der Waals surface area contributed by atoms with Crippen LogP contribution in [0.5, 0.6) is 0 Å². The fourth-order valence-corrected chi connectivity index (χ4v) is 2.63. The van der Waals surface area contributed by atoms with E-state index in [9.17, 15) is 0 Å². The van der Waals surface area contributed by atoms with Crippen molar-refractivity contribution in [1.29, 1.82) is 0 Å². The summed E-state index contributed by atoms with van der Waals surface area (Å²) >= 11 is 11.3. The lowest BCUT2D eigenvalue weighted by molar-refractivity contribution is 0.808. The van der Waals surface area contributed by atoms with Crippen LogP contribution in [0.2, 0.25) is 19.6 Å². The topological polar surface area (TPSA) is 3.24 Å². The predicted octanol–water partition coefficient (Wildman–Crippen LogP) is 2.22. The molecule has 0 aromatic carbocycles. The van der Waals surface area contributed by atoms with E-state index in [1.54, 1.807) is 0 Å². The van der Waals surface area contributed by atoms with Gasteiger partial charge in [-0.05, 0) is 7.05 Å². The Labute approximate surface area is 68.3 Å². The number of rotatable bonds is 2. The van der Waals surface area contributed by atoms with Crippen molar-refractivity contribution in [2.75, 3.05) is 7.05 Å².